The second-order valence-electron chi connectivity index (χ2n) is 5.33. The fourth-order valence-electron chi connectivity index (χ4n) is 2.91. The number of rotatable bonds is 2. The summed E-state index contributed by atoms with van der Waals surface area (Å²) in [7, 11) is 1.57. The monoisotopic (exact) mass is 286 g/mol. The van der Waals surface area contributed by atoms with Gasteiger partial charge >= 0.3 is 0 Å². The van der Waals surface area contributed by atoms with Gasteiger partial charge in [0.25, 0.3) is 5.91 Å². The lowest BCUT2D eigenvalue weighted by atomic mass is 10.1. The summed E-state index contributed by atoms with van der Waals surface area (Å²) >= 11 is 0. The van der Waals surface area contributed by atoms with Crippen LogP contribution in [0.1, 0.15) is 16.8 Å². The molecule has 0 saturated carbocycles. The Morgan fingerprint density at radius 1 is 1.38 bits per heavy atom. The molecule has 2 heterocycles. The van der Waals surface area contributed by atoms with Crippen LogP contribution in [0.4, 0.5) is 0 Å². The van der Waals surface area contributed by atoms with Crippen LogP contribution in [0.5, 0.6) is 0 Å². The Bertz CT molecular complexity index is 694. The number of likely N-dealkylation sites (tertiary alicyclic amines) is 1. The van der Waals surface area contributed by atoms with Gasteiger partial charge in [-0.1, -0.05) is 18.2 Å². The molecule has 1 aliphatic heterocycles. The van der Waals surface area contributed by atoms with Crippen molar-refractivity contribution < 1.29 is 9.59 Å². The number of hydrogen-bond acceptors (Lipinski definition) is 3. The molecule has 3 rings (SSSR count). The van der Waals surface area contributed by atoms with Gasteiger partial charge in [0.15, 0.2) is 0 Å². The van der Waals surface area contributed by atoms with Gasteiger partial charge in [0.05, 0.1) is 5.56 Å². The van der Waals surface area contributed by atoms with E-state index in [1.807, 2.05) is 24.3 Å². The Morgan fingerprint density at radius 3 is 2.90 bits per heavy atom. The smallest absolute Gasteiger partial charge is 0.256 e. The first-order valence-corrected chi connectivity index (χ1v) is 6.96. The van der Waals surface area contributed by atoms with E-state index in [2.05, 4.69) is 10.3 Å². The predicted octanol–water partition coefficient (Wildman–Crippen LogP) is 0.456. The summed E-state index contributed by atoms with van der Waals surface area (Å²) in [6.45, 7) is 0.399. The lowest BCUT2D eigenvalue weighted by Crippen LogP contribution is -2.44. The topological polar surface area (TPSA) is 91.2 Å². The maximum Gasteiger partial charge on any atom is 0.256 e. The molecule has 0 spiro atoms. The molecule has 0 bridgehead atoms. The van der Waals surface area contributed by atoms with Gasteiger partial charge in [-0.25, -0.2) is 0 Å². The molecule has 21 heavy (non-hydrogen) atoms. The number of hydrogen-bond donors (Lipinski definition) is 3. The van der Waals surface area contributed by atoms with Crippen LogP contribution in [-0.4, -0.2) is 47.4 Å². The van der Waals surface area contributed by atoms with Crippen LogP contribution in [0.25, 0.3) is 10.9 Å². The molecule has 1 fully saturated rings. The van der Waals surface area contributed by atoms with Crippen LogP contribution in [0.2, 0.25) is 0 Å². The minimum absolute atomic E-state index is 0.158. The fraction of sp³-hybridized carbons (Fsp3) is 0.333. The van der Waals surface area contributed by atoms with Crippen molar-refractivity contribution in [2.24, 2.45) is 5.73 Å². The van der Waals surface area contributed by atoms with Crippen molar-refractivity contribution in [1.82, 2.24) is 15.2 Å². The van der Waals surface area contributed by atoms with E-state index in [0.717, 1.165) is 10.9 Å². The molecule has 0 unspecified atom stereocenters. The molecule has 2 amide bonds. The van der Waals surface area contributed by atoms with E-state index in [1.54, 1.807) is 18.1 Å². The van der Waals surface area contributed by atoms with E-state index in [9.17, 15) is 9.59 Å². The zero-order chi connectivity index (χ0) is 15.0. The van der Waals surface area contributed by atoms with Crippen LogP contribution >= 0.6 is 0 Å². The molecule has 2 atom stereocenters. The number of benzene rings is 1. The normalized spacial score (nSPS) is 21.7. The van der Waals surface area contributed by atoms with Gasteiger partial charge in [-0.2, -0.15) is 0 Å². The second-order valence-corrected chi connectivity index (χ2v) is 5.33. The van der Waals surface area contributed by atoms with Gasteiger partial charge < -0.3 is 20.9 Å². The molecule has 4 N–H and O–H groups in total. The van der Waals surface area contributed by atoms with E-state index >= 15 is 0 Å². The van der Waals surface area contributed by atoms with Crippen molar-refractivity contribution >= 4 is 22.7 Å². The number of likely N-dealkylation sites (N-methyl/N-ethyl adjacent to an activating group) is 1. The fourth-order valence-corrected chi connectivity index (χ4v) is 2.91. The highest BCUT2D eigenvalue weighted by molar-refractivity contribution is 6.08. The lowest BCUT2D eigenvalue weighted by molar-refractivity contribution is -0.124. The molecule has 110 valence electrons. The molecule has 1 saturated heterocycles. The molecule has 1 aliphatic rings. The highest BCUT2D eigenvalue weighted by Gasteiger charge is 2.38. The average molecular weight is 286 g/mol. The Labute approximate surface area is 122 Å². The van der Waals surface area contributed by atoms with E-state index < -0.39 is 6.04 Å². The van der Waals surface area contributed by atoms with Crippen molar-refractivity contribution in [2.45, 2.75) is 18.5 Å². The van der Waals surface area contributed by atoms with Gasteiger partial charge in [-0.3, -0.25) is 9.59 Å². The number of aromatic nitrogens is 1. The third-order valence-corrected chi connectivity index (χ3v) is 3.96. The molecule has 6 nitrogen and oxygen atoms in total. The molecule has 0 aliphatic carbocycles. The van der Waals surface area contributed by atoms with E-state index in [0.29, 0.717) is 18.5 Å². The van der Waals surface area contributed by atoms with Crippen molar-refractivity contribution in [3.05, 3.63) is 36.0 Å². The Morgan fingerprint density at radius 2 is 2.14 bits per heavy atom. The van der Waals surface area contributed by atoms with Crippen LogP contribution in [0, 0.1) is 0 Å². The van der Waals surface area contributed by atoms with E-state index in [4.69, 9.17) is 5.73 Å². The van der Waals surface area contributed by atoms with E-state index in [1.165, 1.54) is 0 Å². The third kappa shape index (κ3) is 2.27. The standard InChI is InChI=1S/C15H18N4O2/c1-17-14(20)13-6-9(16)8-19(13)15(21)11-7-18-12-5-3-2-4-10(11)12/h2-5,7,9,13,18H,6,8,16H2,1H3,(H,17,20)/t9-,13+/m1/s1. The molecular weight excluding hydrogens is 268 g/mol. The number of fused-ring (bicyclic) bond motifs is 1. The second kappa shape index (κ2) is 5.21. The van der Waals surface area contributed by atoms with Gasteiger partial charge in [-0.15, -0.1) is 0 Å². The number of carbonyl (C=O) groups is 2. The van der Waals surface area contributed by atoms with Crippen molar-refractivity contribution in [1.29, 1.82) is 0 Å². The van der Waals surface area contributed by atoms with Crippen molar-refractivity contribution in [3.8, 4) is 0 Å². The zero-order valence-corrected chi connectivity index (χ0v) is 11.8. The van der Waals surface area contributed by atoms with Crippen LogP contribution < -0.4 is 11.1 Å². The van der Waals surface area contributed by atoms with Gasteiger partial charge in [-0.05, 0) is 12.5 Å². The maximum absolute atomic E-state index is 12.8. The SMILES string of the molecule is CNC(=O)[C@@H]1C[C@@H](N)CN1C(=O)c1c[nH]c2ccccc12. The Hall–Kier alpha value is -2.34. The van der Waals surface area contributed by atoms with Crippen LogP contribution in [0.15, 0.2) is 30.5 Å². The lowest BCUT2D eigenvalue weighted by Gasteiger charge is -2.22. The maximum atomic E-state index is 12.8. The molecule has 1 aromatic heterocycles. The first kappa shape index (κ1) is 13.6. The number of amides is 2. The summed E-state index contributed by atoms with van der Waals surface area (Å²) < 4.78 is 0. The van der Waals surface area contributed by atoms with Gasteiger partial charge in [0.1, 0.15) is 6.04 Å². The molecular formula is C15H18N4O2. The van der Waals surface area contributed by atoms with E-state index in [-0.39, 0.29) is 17.9 Å². The first-order valence-electron chi connectivity index (χ1n) is 6.96. The average Bonchev–Trinajstić information content (AvgIpc) is 3.09. The highest BCUT2D eigenvalue weighted by Crippen LogP contribution is 2.24. The Balaban J connectivity index is 1.95. The number of nitrogens with zero attached hydrogens (tertiary/aromatic N) is 1. The summed E-state index contributed by atoms with van der Waals surface area (Å²) in [4.78, 5) is 29.4. The van der Waals surface area contributed by atoms with Crippen molar-refractivity contribution in [3.63, 3.8) is 0 Å². The molecule has 6 heteroatoms. The minimum Gasteiger partial charge on any atom is -0.360 e. The number of carbonyl (C=O) groups excluding carboxylic acids is 2. The minimum atomic E-state index is -0.494. The van der Waals surface area contributed by atoms with Crippen LogP contribution in [-0.2, 0) is 4.79 Å². The van der Waals surface area contributed by atoms with Crippen LogP contribution in [0.3, 0.4) is 0 Å². The quantitative estimate of drug-likeness (QED) is 0.749. The van der Waals surface area contributed by atoms with Gasteiger partial charge in [0, 0.05) is 36.7 Å². The van der Waals surface area contributed by atoms with Crippen molar-refractivity contribution in [2.75, 3.05) is 13.6 Å². The number of H-pyrrole nitrogens is 1. The summed E-state index contributed by atoms with van der Waals surface area (Å²) in [6, 6.07) is 6.94. The number of nitrogens with one attached hydrogen (secondary N) is 2. The summed E-state index contributed by atoms with van der Waals surface area (Å²) in [5, 5.41) is 3.46. The molecule has 1 aromatic carbocycles. The number of aromatic amines is 1. The summed E-state index contributed by atoms with van der Waals surface area (Å²) in [6.07, 6.45) is 2.19. The highest BCUT2D eigenvalue weighted by atomic mass is 16.2. The molecule has 2 aromatic rings. The zero-order valence-electron chi connectivity index (χ0n) is 11.8. The number of para-hydroxylation sites is 1. The largest absolute Gasteiger partial charge is 0.360 e. The van der Waals surface area contributed by atoms with Gasteiger partial charge in [0.2, 0.25) is 5.91 Å². The summed E-state index contributed by atoms with van der Waals surface area (Å²) in [5.41, 5.74) is 7.41. The Kier molecular flexibility index (Phi) is 3.39. The first-order chi connectivity index (χ1) is 10.1. The third-order valence-electron chi connectivity index (χ3n) is 3.96. The molecule has 0 radical (unpaired) electrons. The predicted molar refractivity (Wildman–Crippen MR) is 79.8 cm³/mol. The summed E-state index contributed by atoms with van der Waals surface area (Å²) in [5.74, 6) is -0.329. The number of nitrogens with two attached hydrogens (primary N) is 1.